The Morgan fingerprint density at radius 1 is 1.17 bits per heavy atom. The fourth-order valence-electron chi connectivity index (χ4n) is 1.89. The van der Waals surface area contributed by atoms with Crippen LogP contribution in [-0.4, -0.2) is 32.7 Å². The number of carbonyl (C=O) groups excluding carboxylic acids is 2. The van der Waals surface area contributed by atoms with Gasteiger partial charge in [0.25, 0.3) is 5.91 Å². The molecular weight excluding hydrogens is 354 g/mol. The summed E-state index contributed by atoms with van der Waals surface area (Å²) in [7, 11) is 2.91. The largest absolute Gasteiger partial charge is 0.495 e. The van der Waals surface area contributed by atoms with Gasteiger partial charge in [-0.25, -0.2) is 4.79 Å². The van der Waals surface area contributed by atoms with Crippen molar-refractivity contribution in [2.45, 2.75) is 6.92 Å². The van der Waals surface area contributed by atoms with Gasteiger partial charge in [-0.05, 0) is 19.1 Å². The third kappa shape index (κ3) is 4.39. The lowest BCUT2D eigenvalue weighted by molar-refractivity contribution is -0.119. The van der Waals surface area contributed by atoms with E-state index in [0.29, 0.717) is 27.1 Å². The first-order valence-electron chi connectivity index (χ1n) is 6.89. The molecule has 6 nitrogen and oxygen atoms in total. The predicted octanol–water partition coefficient (Wildman–Crippen LogP) is 3.52. The highest BCUT2D eigenvalue weighted by Gasteiger charge is 2.15. The first kappa shape index (κ1) is 18.1. The molecule has 0 aliphatic heterocycles. The molecule has 0 unspecified atom stereocenters. The summed E-state index contributed by atoms with van der Waals surface area (Å²) in [6, 6.07) is 6.53. The zero-order valence-electron chi connectivity index (χ0n) is 13.3. The van der Waals surface area contributed by atoms with Crippen molar-refractivity contribution < 1.29 is 23.8 Å². The third-order valence-electron chi connectivity index (χ3n) is 3.02. The molecular formula is C16H16ClNO5S. The first-order valence-corrected chi connectivity index (χ1v) is 8.09. The number of hydrogen-bond acceptors (Lipinski definition) is 6. The monoisotopic (exact) mass is 369 g/mol. The highest BCUT2D eigenvalue weighted by Crippen LogP contribution is 2.35. The van der Waals surface area contributed by atoms with E-state index in [4.69, 9.17) is 25.8 Å². The molecule has 0 aliphatic carbocycles. The number of benzene rings is 1. The molecule has 128 valence electrons. The number of methoxy groups -OCH3 is 2. The molecule has 0 saturated carbocycles. The number of halogens is 1. The van der Waals surface area contributed by atoms with Gasteiger partial charge in [0.05, 0.1) is 24.9 Å². The molecule has 0 atom stereocenters. The van der Waals surface area contributed by atoms with Crippen LogP contribution < -0.4 is 14.8 Å². The average Bonchev–Trinajstić information content (AvgIpc) is 3.00. The number of rotatable bonds is 6. The van der Waals surface area contributed by atoms with Gasteiger partial charge in [-0.2, -0.15) is 0 Å². The molecule has 0 aliphatic rings. The minimum absolute atomic E-state index is 0.354. The van der Waals surface area contributed by atoms with E-state index < -0.39 is 18.5 Å². The van der Waals surface area contributed by atoms with Crippen LogP contribution in [0.15, 0.2) is 24.3 Å². The predicted molar refractivity (Wildman–Crippen MR) is 92.5 cm³/mol. The number of nitrogens with one attached hydrogen (secondary N) is 1. The minimum Gasteiger partial charge on any atom is -0.495 e. The smallest absolute Gasteiger partial charge is 0.348 e. The molecule has 1 amide bonds. The van der Waals surface area contributed by atoms with E-state index in [9.17, 15) is 9.59 Å². The third-order valence-corrected chi connectivity index (χ3v) is 4.30. The molecule has 2 aromatic rings. The van der Waals surface area contributed by atoms with E-state index in [1.54, 1.807) is 6.07 Å². The van der Waals surface area contributed by atoms with Crippen LogP contribution in [0.5, 0.6) is 11.5 Å². The number of aryl methyl sites for hydroxylation is 1. The SMILES string of the molecule is COc1cc(NC(=O)COC(=O)c2ccc(C)s2)c(OC)cc1Cl. The second-order valence-corrected chi connectivity index (χ2v) is 6.42. The zero-order chi connectivity index (χ0) is 17.7. The first-order chi connectivity index (χ1) is 11.4. The summed E-state index contributed by atoms with van der Waals surface area (Å²) >= 11 is 7.31. The van der Waals surface area contributed by atoms with Gasteiger partial charge in [-0.1, -0.05) is 11.6 Å². The van der Waals surface area contributed by atoms with Crippen LogP contribution in [0.1, 0.15) is 14.5 Å². The number of hydrogen-bond donors (Lipinski definition) is 1. The number of amides is 1. The van der Waals surface area contributed by atoms with Gasteiger partial charge >= 0.3 is 5.97 Å². The molecule has 2 rings (SSSR count). The van der Waals surface area contributed by atoms with E-state index in [1.165, 1.54) is 37.7 Å². The van der Waals surface area contributed by atoms with E-state index in [0.717, 1.165) is 4.88 Å². The van der Waals surface area contributed by atoms with Crippen molar-refractivity contribution in [3.8, 4) is 11.5 Å². The van der Waals surface area contributed by atoms with Gasteiger partial charge in [-0.15, -0.1) is 11.3 Å². The Morgan fingerprint density at radius 3 is 2.46 bits per heavy atom. The maximum Gasteiger partial charge on any atom is 0.348 e. The van der Waals surface area contributed by atoms with Crippen molar-refractivity contribution >= 4 is 40.5 Å². The lowest BCUT2D eigenvalue weighted by Gasteiger charge is -2.13. The van der Waals surface area contributed by atoms with Crippen LogP contribution in [0.25, 0.3) is 0 Å². The van der Waals surface area contributed by atoms with Crippen molar-refractivity contribution in [1.29, 1.82) is 0 Å². The van der Waals surface area contributed by atoms with Crippen LogP contribution in [0.2, 0.25) is 5.02 Å². The maximum atomic E-state index is 12.0. The second-order valence-electron chi connectivity index (χ2n) is 4.72. The van der Waals surface area contributed by atoms with Crippen molar-refractivity contribution in [2.24, 2.45) is 0 Å². The Kier molecular flexibility index (Phi) is 6.05. The molecule has 0 spiro atoms. The summed E-state index contributed by atoms with van der Waals surface area (Å²) < 4.78 is 15.3. The normalized spacial score (nSPS) is 10.2. The molecule has 0 saturated heterocycles. The number of ether oxygens (including phenoxy) is 3. The Bertz CT molecular complexity index is 759. The standard InChI is InChI=1S/C16H16ClNO5S/c1-9-4-5-14(24-9)16(20)23-8-15(19)18-11-7-12(21-2)10(17)6-13(11)22-3/h4-7H,8H2,1-3H3,(H,18,19). The van der Waals surface area contributed by atoms with Crippen molar-refractivity contribution in [3.05, 3.63) is 39.0 Å². The van der Waals surface area contributed by atoms with E-state index in [1.807, 2.05) is 13.0 Å². The zero-order valence-corrected chi connectivity index (χ0v) is 14.9. The van der Waals surface area contributed by atoms with E-state index in [-0.39, 0.29) is 0 Å². The molecule has 1 aromatic carbocycles. The molecule has 1 aromatic heterocycles. The average molecular weight is 370 g/mol. The topological polar surface area (TPSA) is 73.9 Å². The highest BCUT2D eigenvalue weighted by molar-refractivity contribution is 7.13. The van der Waals surface area contributed by atoms with Crippen molar-refractivity contribution in [2.75, 3.05) is 26.1 Å². The molecule has 0 bridgehead atoms. The van der Waals surface area contributed by atoms with Crippen molar-refractivity contribution in [3.63, 3.8) is 0 Å². The molecule has 0 fully saturated rings. The Balaban J connectivity index is 2.00. The van der Waals surface area contributed by atoms with Crippen LogP contribution in [-0.2, 0) is 9.53 Å². The van der Waals surface area contributed by atoms with Crippen molar-refractivity contribution in [1.82, 2.24) is 0 Å². The highest BCUT2D eigenvalue weighted by atomic mass is 35.5. The summed E-state index contributed by atoms with van der Waals surface area (Å²) in [6.07, 6.45) is 0. The second kappa shape index (κ2) is 8.03. The maximum absolute atomic E-state index is 12.0. The fourth-order valence-corrected chi connectivity index (χ4v) is 2.88. The molecule has 8 heteroatoms. The summed E-state index contributed by atoms with van der Waals surface area (Å²) in [5.41, 5.74) is 0.367. The Hall–Kier alpha value is -2.25. The lowest BCUT2D eigenvalue weighted by atomic mass is 10.2. The van der Waals surface area contributed by atoms with Gasteiger partial charge in [0.1, 0.15) is 16.4 Å². The quantitative estimate of drug-likeness (QED) is 0.788. The molecule has 0 radical (unpaired) electrons. The summed E-state index contributed by atoms with van der Waals surface area (Å²) in [4.78, 5) is 25.3. The fraction of sp³-hybridized carbons (Fsp3) is 0.250. The Morgan fingerprint density at radius 2 is 1.88 bits per heavy atom. The van der Waals surface area contributed by atoms with Gasteiger partial charge in [0.2, 0.25) is 0 Å². The summed E-state index contributed by atoms with van der Waals surface area (Å²) in [6.45, 7) is 1.47. The lowest BCUT2D eigenvalue weighted by Crippen LogP contribution is -2.21. The van der Waals surface area contributed by atoms with Gasteiger partial charge < -0.3 is 19.5 Å². The van der Waals surface area contributed by atoms with Gasteiger partial charge in [0.15, 0.2) is 6.61 Å². The number of esters is 1. The molecule has 24 heavy (non-hydrogen) atoms. The summed E-state index contributed by atoms with van der Waals surface area (Å²) in [5.74, 6) is -0.281. The van der Waals surface area contributed by atoms with Crippen LogP contribution in [0.3, 0.4) is 0 Å². The van der Waals surface area contributed by atoms with Gasteiger partial charge in [0, 0.05) is 17.0 Å². The minimum atomic E-state index is -0.538. The number of carbonyl (C=O) groups is 2. The number of anilines is 1. The number of thiophene rings is 1. The van der Waals surface area contributed by atoms with E-state index >= 15 is 0 Å². The van der Waals surface area contributed by atoms with Gasteiger partial charge in [-0.3, -0.25) is 4.79 Å². The Labute approximate surface area is 148 Å². The van der Waals surface area contributed by atoms with E-state index in [2.05, 4.69) is 5.32 Å². The summed E-state index contributed by atoms with van der Waals surface area (Å²) in [5, 5.41) is 2.95. The molecule has 1 heterocycles. The molecule has 1 N–H and O–H groups in total. The van der Waals surface area contributed by atoms with Crippen LogP contribution in [0.4, 0.5) is 5.69 Å². The van der Waals surface area contributed by atoms with Crippen LogP contribution in [0, 0.1) is 6.92 Å². The van der Waals surface area contributed by atoms with Crippen LogP contribution >= 0.6 is 22.9 Å².